The number of thiazole rings is 1. The van der Waals surface area contributed by atoms with Crippen LogP contribution in [-0.4, -0.2) is 65.0 Å². The van der Waals surface area contributed by atoms with Crippen molar-refractivity contribution in [2.24, 2.45) is 0 Å². The summed E-state index contributed by atoms with van der Waals surface area (Å²) in [7, 11) is 0. The molecule has 2 aromatic heterocycles. The highest BCUT2D eigenvalue weighted by Gasteiger charge is 2.25. The predicted octanol–water partition coefficient (Wildman–Crippen LogP) is 3.81. The van der Waals surface area contributed by atoms with E-state index in [1.54, 1.807) is 16.0 Å². The van der Waals surface area contributed by atoms with Crippen LogP contribution in [-0.2, 0) is 11.3 Å². The van der Waals surface area contributed by atoms with E-state index in [1.165, 1.54) is 5.56 Å². The van der Waals surface area contributed by atoms with Gasteiger partial charge >= 0.3 is 0 Å². The molecule has 1 aromatic carbocycles. The SMILES string of the molecule is CCn1nc(C)cc1C(=O)N(CCCN1CCOCC1)c1nc2c(C)cc(C)cc2s1. The van der Waals surface area contributed by atoms with Crippen molar-refractivity contribution in [2.75, 3.05) is 44.3 Å². The molecule has 3 heterocycles. The van der Waals surface area contributed by atoms with Crippen molar-refractivity contribution in [3.05, 3.63) is 40.7 Å². The molecule has 0 saturated carbocycles. The molecular weight excluding hydrogens is 410 g/mol. The summed E-state index contributed by atoms with van der Waals surface area (Å²) in [6.45, 7) is 13.8. The summed E-state index contributed by atoms with van der Waals surface area (Å²) in [5, 5.41) is 5.24. The fourth-order valence-corrected chi connectivity index (χ4v) is 5.30. The Balaban J connectivity index is 1.63. The molecule has 166 valence electrons. The molecule has 1 aliphatic heterocycles. The maximum Gasteiger partial charge on any atom is 0.278 e. The van der Waals surface area contributed by atoms with Gasteiger partial charge in [-0.25, -0.2) is 4.98 Å². The maximum absolute atomic E-state index is 13.6. The van der Waals surface area contributed by atoms with Crippen molar-refractivity contribution < 1.29 is 9.53 Å². The number of fused-ring (bicyclic) bond motifs is 1. The van der Waals surface area contributed by atoms with Gasteiger partial charge in [-0.2, -0.15) is 5.10 Å². The third-order valence-corrected chi connectivity index (χ3v) is 6.70. The van der Waals surface area contributed by atoms with Crippen molar-refractivity contribution in [1.29, 1.82) is 0 Å². The second kappa shape index (κ2) is 9.46. The van der Waals surface area contributed by atoms with E-state index in [0.717, 1.165) is 65.9 Å². The number of hydrogen-bond acceptors (Lipinski definition) is 6. The number of anilines is 1. The monoisotopic (exact) mass is 441 g/mol. The lowest BCUT2D eigenvalue weighted by Crippen LogP contribution is -2.39. The maximum atomic E-state index is 13.6. The highest BCUT2D eigenvalue weighted by Crippen LogP contribution is 2.32. The van der Waals surface area contributed by atoms with Crippen LogP contribution in [0.15, 0.2) is 18.2 Å². The van der Waals surface area contributed by atoms with Gasteiger partial charge in [-0.15, -0.1) is 0 Å². The minimum atomic E-state index is -0.0298. The summed E-state index contributed by atoms with van der Waals surface area (Å²) in [6, 6.07) is 6.18. The van der Waals surface area contributed by atoms with Gasteiger partial charge in [0.1, 0.15) is 5.69 Å². The summed E-state index contributed by atoms with van der Waals surface area (Å²) < 4.78 is 8.36. The number of rotatable bonds is 7. The molecule has 31 heavy (non-hydrogen) atoms. The van der Waals surface area contributed by atoms with Crippen LogP contribution in [0.25, 0.3) is 10.2 Å². The summed E-state index contributed by atoms with van der Waals surface area (Å²) >= 11 is 1.59. The second-order valence-electron chi connectivity index (χ2n) is 8.18. The number of carbonyl (C=O) groups is 1. The number of carbonyl (C=O) groups excluding carboxylic acids is 1. The highest BCUT2D eigenvalue weighted by molar-refractivity contribution is 7.22. The Morgan fingerprint density at radius 1 is 1.19 bits per heavy atom. The number of morpholine rings is 1. The van der Waals surface area contributed by atoms with E-state index in [-0.39, 0.29) is 5.91 Å². The van der Waals surface area contributed by atoms with Crippen LogP contribution in [0.5, 0.6) is 0 Å². The molecule has 8 heteroatoms. The van der Waals surface area contributed by atoms with Crippen molar-refractivity contribution in [2.45, 2.75) is 40.7 Å². The molecule has 0 N–H and O–H groups in total. The Labute approximate surface area is 187 Å². The average molecular weight is 442 g/mol. The zero-order valence-corrected chi connectivity index (χ0v) is 19.7. The van der Waals surface area contributed by atoms with E-state index in [2.05, 4.69) is 36.0 Å². The molecule has 0 atom stereocenters. The molecule has 0 aliphatic carbocycles. The summed E-state index contributed by atoms with van der Waals surface area (Å²) in [5.74, 6) is -0.0298. The summed E-state index contributed by atoms with van der Waals surface area (Å²) in [5.41, 5.74) is 4.82. The summed E-state index contributed by atoms with van der Waals surface area (Å²) in [6.07, 6.45) is 0.888. The van der Waals surface area contributed by atoms with Crippen LogP contribution in [0, 0.1) is 20.8 Å². The smallest absolute Gasteiger partial charge is 0.278 e. The minimum Gasteiger partial charge on any atom is -0.379 e. The van der Waals surface area contributed by atoms with Gasteiger partial charge in [0, 0.05) is 32.7 Å². The lowest BCUT2D eigenvalue weighted by atomic mass is 10.1. The van der Waals surface area contributed by atoms with Gasteiger partial charge in [0.25, 0.3) is 5.91 Å². The summed E-state index contributed by atoms with van der Waals surface area (Å²) in [4.78, 5) is 22.8. The fourth-order valence-electron chi connectivity index (χ4n) is 4.13. The molecule has 4 rings (SSSR count). The van der Waals surface area contributed by atoms with Gasteiger partial charge in [-0.3, -0.25) is 19.3 Å². The first kappa shape index (κ1) is 21.9. The first-order valence-corrected chi connectivity index (χ1v) is 11.8. The molecule has 1 fully saturated rings. The highest BCUT2D eigenvalue weighted by atomic mass is 32.1. The van der Waals surface area contributed by atoms with Crippen molar-refractivity contribution in [3.8, 4) is 0 Å². The number of hydrogen-bond donors (Lipinski definition) is 0. The van der Waals surface area contributed by atoms with Gasteiger partial charge in [-0.05, 0) is 57.4 Å². The fraction of sp³-hybridized carbons (Fsp3) is 0.522. The third-order valence-electron chi connectivity index (χ3n) is 5.68. The third kappa shape index (κ3) is 4.81. The number of benzene rings is 1. The lowest BCUT2D eigenvalue weighted by Gasteiger charge is -2.27. The Morgan fingerprint density at radius 3 is 2.71 bits per heavy atom. The first-order chi connectivity index (χ1) is 15.0. The van der Waals surface area contributed by atoms with E-state index < -0.39 is 0 Å². The van der Waals surface area contributed by atoms with E-state index in [1.807, 2.05) is 24.8 Å². The first-order valence-electron chi connectivity index (χ1n) is 11.0. The van der Waals surface area contributed by atoms with Crippen LogP contribution < -0.4 is 4.90 Å². The molecule has 1 saturated heterocycles. The van der Waals surface area contributed by atoms with Crippen molar-refractivity contribution in [3.63, 3.8) is 0 Å². The molecule has 1 aliphatic rings. The van der Waals surface area contributed by atoms with Crippen LogP contribution in [0.3, 0.4) is 0 Å². The molecule has 1 amide bonds. The number of aromatic nitrogens is 3. The largest absolute Gasteiger partial charge is 0.379 e. The van der Waals surface area contributed by atoms with E-state index in [4.69, 9.17) is 9.72 Å². The quantitative estimate of drug-likeness (QED) is 0.558. The van der Waals surface area contributed by atoms with Gasteiger partial charge < -0.3 is 4.74 Å². The van der Waals surface area contributed by atoms with Crippen LogP contribution in [0.2, 0.25) is 0 Å². The number of ether oxygens (including phenoxy) is 1. The number of nitrogens with zero attached hydrogens (tertiary/aromatic N) is 5. The zero-order valence-electron chi connectivity index (χ0n) is 18.8. The Hall–Kier alpha value is -2.29. The molecule has 3 aromatic rings. The van der Waals surface area contributed by atoms with Crippen molar-refractivity contribution in [1.82, 2.24) is 19.7 Å². The molecular formula is C23H31N5O2S. The predicted molar refractivity (Wildman–Crippen MR) is 125 cm³/mol. The lowest BCUT2D eigenvalue weighted by molar-refractivity contribution is 0.0376. The Bertz CT molecular complexity index is 1070. The van der Waals surface area contributed by atoms with Crippen molar-refractivity contribution >= 4 is 32.6 Å². The molecule has 0 unspecified atom stereocenters. The van der Waals surface area contributed by atoms with E-state index in [0.29, 0.717) is 18.8 Å². The average Bonchev–Trinajstić information content (AvgIpc) is 3.35. The van der Waals surface area contributed by atoms with Gasteiger partial charge in [-0.1, -0.05) is 17.4 Å². The number of amides is 1. The van der Waals surface area contributed by atoms with Crippen LogP contribution in [0.4, 0.5) is 5.13 Å². The molecule has 7 nitrogen and oxygen atoms in total. The van der Waals surface area contributed by atoms with Gasteiger partial charge in [0.15, 0.2) is 5.13 Å². The molecule has 0 bridgehead atoms. The van der Waals surface area contributed by atoms with Crippen LogP contribution in [0.1, 0.15) is 40.7 Å². The topological polar surface area (TPSA) is 63.5 Å². The van der Waals surface area contributed by atoms with E-state index >= 15 is 0 Å². The molecule has 0 spiro atoms. The van der Waals surface area contributed by atoms with E-state index in [9.17, 15) is 4.79 Å². The second-order valence-corrected chi connectivity index (χ2v) is 9.19. The molecule has 0 radical (unpaired) electrons. The van der Waals surface area contributed by atoms with Crippen LogP contribution >= 0.6 is 11.3 Å². The zero-order chi connectivity index (χ0) is 22.0. The Morgan fingerprint density at radius 2 is 1.97 bits per heavy atom. The normalized spacial score (nSPS) is 15.0. The standard InChI is InChI=1S/C23H31N5O2S/c1-5-28-19(15-18(4)25-28)22(29)27(8-6-7-26-9-11-30-12-10-26)23-24-21-17(3)13-16(2)14-20(21)31-23/h13-15H,5-12H2,1-4H3. The van der Waals surface area contributed by atoms with Gasteiger partial charge in [0.2, 0.25) is 0 Å². The number of aryl methyl sites for hydroxylation is 4. The Kier molecular flexibility index (Phi) is 6.69. The van der Waals surface area contributed by atoms with Gasteiger partial charge in [0.05, 0.1) is 29.1 Å². The minimum absolute atomic E-state index is 0.0298.